The molecule has 0 unspecified atom stereocenters. The van der Waals surface area contributed by atoms with E-state index in [1.807, 2.05) is 47.0 Å². The second-order valence-electron chi connectivity index (χ2n) is 13.0. The Morgan fingerprint density at radius 2 is 1.78 bits per heavy atom. The van der Waals surface area contributed by atoms with E-state index < -0.39 is 15.4 Å². The van der Waals surface area contributed by atoms with E-state index >= 15 is 0 Å². The summed E-state index contributed by atoms with van der Waals surface area (Å²) >= 11 is 6.16. The number of hydrogen-bond donors (Lipinski definition) is 1. The lowest BCUT2D eigenvalue weighted by atomic mass is 9.90. The van der Waals surface area contributed by atoms with E-state index in [1.165, 1.54) is 6.07 Å². The maximum absolute atomic E-state index is 13.0. The van der Waals surface area contributed by atoms with Crippen molar-refractivity contribution in [2.24, 2.45) is 0 Å². The Hall–Kier alpha value is -3.76. The zero-order chi connectivity index (χ0) is 33.2. The fourth-order valence-electron chi connectivity index (χ4n) is 5.95. The number of aryl methyl sites for hydroxylation is 2. The van der Waals surface area contributed by atoms with Gasteiger partial charge >= 0.3 is 6.09 Å². The van der Waals surface area contributed by atoms with Crippen molar-refractivity contribution in [1.29, 1.82) is 0 Å². The number of aromatic nitrogens is 3. The Morgan fingerprint density at radius 3 is 2.43 bits per heavy atom. The minimum Gasteiger partial charge on any atom is -0.444 e. The molecule has 0 spiro atoms. The lowest BCUT2D eigenvalue weighted by Gasteiger charge is -2.35. The smallest absolute Gasteiger partial charge is 0.410 e. The molecule has 46 heavy (non-hydrogen) atoms. The second-order valence-corrected chi connectivity index (χ2v) is 15.4. The van der Waals surface area contributed by atoms with E-state index in [-0.39, 0.29) is 33.8 Å². The minimum atomic E-state index is -3.65. The molecule has 1 aliphatic carbocycles. The molecule has 0 atom stereocenters. The van der Waals surface area contributed by atoms with Crippen LogP contribution in [0.3, 0.4) is 0 Å². The molecule has 2 aromatic carbocycles. The van der Waals surface area contributed by atoms with Gasteiger partial charge in [-0.2, -0.15) is 0 Å². The zero-order valence-corrected chi connectivity index (χ0v) is 28.9. The molecule has 244 valence electrons. The summed E-state index contributed by atoms with van der Waals surface area (Å²) in [5.74, 6) is 0.363. The number of halogens is 1. The summed E-state index contributed by atoms with van der Waals surface area (Å²) in [6.45, 7) is 9.63. The number of nitrogens with one attached hydrogen (secondary N) is 1. The van der Waals surface area contributed by atoms with Gasteiger partial charge in [0.2, 0.25) is 5.95 Å². The van der Waals surface area contributed by atoms with Crippen molar-refractivity contribution in [3.8, 4) is 11.1 Å². The fourth-order valence-corrected chi connectivity index (χ4v) is 7.80. The predicted molar refractivity (Wildman–Crippen MR) is 183 cm³/mol. The topological polar surface area (TPSA) is 114 Å². The molecule has 4 aromatic rings. The Labute approximate surface area is 276 Å². The number of rotatable bonds is 8. The highest BCUT2D eigenvalue weighted by Gasteiger charge is 2.29. The number of benzene rings is 2. The molecule has 1 amide bonds. The monoisotopic (exact) mass is 663 g/mol. The molecule has 2 heterocycles. The Bertz CT molecular complexity index is 1850. The number of pyridine rings is 1. The summed E-state index contributed by atoms with van der Waals surface area (Å²) < 4.78 is 31.6. The number of carbonyl (C=O) groups excluding carboxylic acids is 1. The van der Waals surface area contributed by atoms with Crippen LogP contribution in [0.15, 0.2) is 59.6 Å². The van der Waals surface area contributed by atoms with Crippen LogP contribution < -0.4 is 5.32 Å². The molecule has 5 rings (SSSR count). The van der Waals surface area contributed by atoms with Crippen LogP contribution in [0.2, 0.25) is 5.02 Å². The van der Waals surface area contributed by atoms with E-state index in [4.69, 9.17) is 21.3 Å². The summed E-state index contributed by atoms with van der Waals surface area (Å²) in [4.78, 5) is 28.6. The number of amides is 1. The second kappa shape index (κ2) is 13.5. The van der Waals surface area contributed by atoms with Crippen molar-refractivity contribution in [2.75, 3.05) is 12.4 Å². The van der Waals surface area contributed by atoms with Crippen molar-refractivity contribution in [2.45, 2.75) is 95.1 Å². The van der Waals surface area contributed by atoms with Gasteiger partial charge in [0.05, 0.1) is 26.9 Å². The molecule has 1 aliphatic rings. The lowest BCUT2D eigenvalue weighted by molar-refractivity contribution is 0.0185. The highest BCUT2D eigenvalue weighted by atomic mass is 35.5. The van der Waals surface area contributed by atoms with Crippen molar-refractivity contribution in [1.82, 2.24) is 19.9 Å². The minimum absolute atomic E-state index is 0.106. The van der Waals surface area contributed by atoms with Crippen LogP contribution in [0, 0.1) is 6.92 Å². The quantitative estimate of drug-likeness (QED) is 0.203. The molecule has 0 bridgehead atoms. The lowest BCUT2D eigenvalue weighted by Crippen LogP contribution is -2.43. The van der Waals surface area contributed by atoms with E-state index in [0.29, 0.717) is 11.6 Å². The largest absolute Gasteiger partial charge is 0.444 e. The first-order chi connectivity index (χ1) is 21.7. The number of sulfone groups is 1. The first kappa shape index (κ1) is 33.6. The molecule has 0 aliphatic heterocycles. The first-order valence-electron chi connectivity index (χ1n) is 15.7. The van der Waals surface area contributed by atoms with Gasteiger partial charge in [-0.3, -0.25) is 4.98 Å². The van der Waals surface area contributed by atoms with Gasteiger partial charge in [-0.25, -0.2) is 23.2 Å². The number of hydrogen-bond acceptors (Lipinski definition) is 8. The third-order valence-electron chi connectivity index (χ3n) is 8.37. The van der Waals surface area contributed by atoms with Crippen LogP contribution in [-0.4, -0.2) is 59.1 Å². The molecular formula is C35H42ClN5O4S. The van der Waals surface area contributed by atoms with E-state index in [9.17, 15) is 13.2 Å². The zero-order valence-electron chi connectivity index (χ0n) is 27.3. The molecule has 1 fully saturated rings. The molecule has 0 radical (unpaired) electrons. The van der Waals surface area contributed by atoms with E-state index in [0.717, 1.165) is 65.4 Å². The number of fused-ring (bicyclic) bond motifs is 1. The summed E-state index contributed by atoms with van der Waals surface area (Å²) in [7, 11) is -1.83. The summed E-state index contributed by atoms with van der Waals surface area (Å²) in [6.07, 6.45) is 5.91. The summed E-state index contributed by atoms with van der Waals surface area (Å²) in [5, 5.41) is 4.65. The van der Waals surface area contributed by atoms with Crippen LogP contribution in [0.25, 0.3) is 22.0 Å². The number of ether oxygens (including phenoxy) is 1. The molecule has 9 nitrogen and oxygen atoms in total. The molecule has 1 saturated carbocycles. The standard InChI is InChI=1S/C35H42ClN5O4S/c1-7-23-18-24(29-17-14-27(38-22(29)2)21-46(43,44)31-11-9-8-10-30(31)36)19-25-20-37-33(40-32(23)25)39-26-12-15-28(16-13-26)41(6)34(42)45-35(3,4)5/h8-11,14,17-20,26,28H,7,12-13,15-16,21H2,1-6H3,(H,37,39,40). The molecule has 2 aromatic heterocycles. The average Bonchev–Trinajstić information content (AvgIpc) is 3.00. The average molecular weight is 664 g/mol. The highest BCUT2D eigenvalue weighted by Crippen LogP contribution is 2.31. The summed E-state index contributed by atoms with van der Waals surface area (Å²) in [6, 6.07) is 14.7. The Morgan fingerprint density at radius 1 is 1.07 bits per heavy atom. The normalized spacial score (nSPS) is 17.1. The van der Waals surface area contributed by atoms with E-state index in [1.54, 1.807) is 29.2 Å². The molecule has 0 saturated heterocycles. The molecular weight excluding hydrogens is 622 g/mol. The molecule has 11 heteroatoms. The highest BCUT2D eigenvalue weighted by molar-refractivity contribution is 7.90. The van der Waals surface area contributed by atoms with Gasteiger partial charge in [0.1, 0.15) is 5.60 Å². The van der Waals surface area contributed by atoms with Crippen LogP contribution in [-0.2, 0) is 26.7 Å². The van der Waals surface area contributed by atoms with Gasteiger partial charge in [0, 0.05) is 42.0 Å². The van der Waals surface area contributed by atoms with Crippen LogP contribution in [0.1, 0.15) is 70.3 Å². The third kappa shape index (κ3) is 7.78. The van der Waals surface area contributed by atoms with E-state index in [2.05, 4.69) is 34.3 Å². The SMILES string of the molecule is CCc1cc(-c2ccc(CS(=O)(=O)c3ccccc3Cl)nc2C)cc2cnc(NC3CCC(N(C)C(=O)OC(C)(C)C)CC3)nc12. The Balaban J connectivity index is 1.29. The number of carbonyl (C=O) groups is 1. The fraction of sp³-hybridized carbons (Fsp3) is 0.429. The van der Waals surface area contributed by atoms with Gasteiger partial charge in [-0.05, 0) is 101 Å². The van der Waals surface area contributed by atoms with Gasteiger partial charge in [0.25, 0.3) is 0 Å². The maximum Gasteiger partial charge on any atom is 0.410 e. The van der Waals surface area contributed by atoms with Gasteiger partial charge in [-0.15, -0.1) is 0 Å². The number of anilines is 1. The predicted octanol–water partition coefficient (Wildman–Crippen LogP) is 7.78. The van der Waals surface area contributed by atoms with Crippen molar-refractivity contribution < 1.29 is 17.9 Å². The van der Waals surface area contributed by atoms with Gasteiger partial charge in [-0.1, -0.05) is 36.7 Å². The van der Waals surface area contributed by atoms with Crippen molar-refractivity contribution in [3.05, 3.63) is 76.7 Å². The van der Waals surface area contributed by atoms with Crippen LogP contribution >= 0.6 is 11.6 Å². The first-order valence-corrected chi connectivity index (χ1v) is 17.7. The number of nitrogens with zero attached hydrogens (tertiary/aromatic N) is 4. The van der Waals surface area contributed by atoms with Gasteiger partial charge in [0.15, 0.2) is 9.84 Å². The van der Waals surface area contributed by atoms with Crippen LogP contribution in [0.5, 0.6) is 0 Å². The third-order valence-corrected chi connectivity index (χ3v) is 10.5. The summed E-state index contributed by atoms with van der Waals surface area (Å²) in [5.41, 5.74) is 4.57. The maximum atomic E-state index is 13.0. The van der Waals surface area contributed by atoms with Crippen LogP contribution in [0.4, 0.5) is 10.7 Å². The van der Waals surface area contributed by atoms with Crippen molar-refractivity contribution >= 4 is 44.4 Å². The van der Waals surface area contributed by atoms with Crippen molar-refractivity contribution in [3.63, 3.8) is 0 Å². The van der Waals surface area contributed by atoms with Gasteiger partial charge < -0.3 is 15.0 Å². The molecule has 1 N–H and O–H groups in total. The Kier molecular flexibility index (Phi) is 9.89.